The highest BCUT2D eigenvalue weighted by Crippen LogP contribution is 2.53. The number of benzene rings is 9. The van der Waals surface area contributed by atoms with Crippen LogP contribution in [0.25, 0.3) is 114 Å². The fraction of sp³-hybridized carbons (Fsp3) is 0. The van der Waals surface area contributed by atoms with Crippen molar-refractivity contribution < 1.29 is 0 Å². The number of rotatable bonds is 3. The summed E-state index contributed by atoms with van der Waals surface area (Å²) in [5.74, 6) is 0. The lowest BCUT2D eigenvalue weighted by Gasteiger charge is -2.26. The molecule has 56 heavy (non-hydrogen) atoms. The van der Waals surface area contributed by atoms with Crippen LogP contribution in [0.2, 0.25) is 0 Å². The monoisotopic (exact) mass is 727 g/mol. The van der Waals surface area contributed by atoms with Gasteiger partial charge in [-0.15, -0.1) is 11.3 Å². The maximum absolute atomic E-state index is 2.47. The molecule has 1 nitrogen and oxygen atoms in total. The van der Waals surface area contributed by atoms with Crippen molar-refractivity contribution in [2.45, 2.75) is 0 Å². The molecular weight excluding hydrogens is 695 g/mol. The Hall–Kier alpha value is -7.00. The lowest BCUT2D eigenvalue weighted by Crippen LogP contribution is -1.99. The molecule has 0 atom stereocenters. The molecule has 0 bridgehead atoms. The first kappa shape index (κ1) is 31.4. The van der Waals surface area contributed by atoms with Crippen molar-refractivity contribution >= 4 is 53.3 Å². The number of fused-ring (bicyclic) bond motifs is 14. The van der Waals surface area contributed by atoms with Gasteiger partial charge < -0.3 is 4.57 Å². The molecule has 2 heterocycles. The zero-order valence-electron chi connectivity index (χ0n) is 30.4. The van der Waals surface area contributed by atoms with E-state index in [0.29, 0.717) is 0 Å². The summed E-state index contributed by atoms with van der Waals surface area (Å²) in [6.07, 6.45) is 0. The molecule has 0 radical (unpaired) electrons. The van der Waals surface area contributed by atoms with Crippen LogP contribution < -0.4 is 0 Å². The van der Waals surface area contributed by atoms with Crippen molar-refractivity contribution in [3.05, 3.63) is 200 Å². The third kappa shape index (κ3) is 4.60. The molecule has 260 valence electrons. The van der Waals surface area contributed by atoms with Crippen LogP contribution in [0.5, 0.6) is 0 Å². The molecular formula is C54H33NS. The quantitative estimate of drug-likeness (QED) is 0.171. The molecule has 12 rings (SSSR count). The second-order valence-electron chi connectivity index (χ2n) is 14.8. The minimum Gasteiger partial charge on any atom is -0.309 e. The van der Waals surface area contributed by atoms with Gasteiger partial charge >= 0.3 is 0 Å². The second-order valence-corrected chi connectivity index (χ2v) is 15.8. The first-order chi connectivity index (χ1) is 27.8. The maximum atomic E-state index is 2.47. The Morgan fingerprint density at radius 1 is 0.304 bits per heavy atom. The number of aromatic nitrogens is 1. The standard InChI is InChI=1S/C54H33NS/c1-2-15-36(16-3-1)55-50-27-12-10-22-42(50)47-31-34(29-30-51(47)55)35-32-48-41-21-7-6-19-39(41)37-17-4-5-18-38(37)40-20-8-9-24-44(40)53(48)49(33-35)46-26-14-25-45-43-23-11-13-28-52(43)56-54(45)46/h1-33H. The van der Waals surface area contributed by atoms with Crippen LogP contribution in [-0.4, -0.2) is 4.57 Å². The highest BCUT2D eigenvalue weighted by atomic mass is 32.1. The molecule has 0 fully saturated rings. The van der Waals surface area contributed by atoms with E-state index in [2.05, 4.69) is 205 Å². The van der Waals surface area contributed by atoms with Crippen molar-refractivity contribution in [2.24, 2.45) is 0 Å². The molecule has 1 aliphatic rings. The Kier molecular flexibility index (Phi) is 6.87. The topological polar surface area (TPSA) is 4.93 Å². The largest absolute Gasteiger partial charge is 0.309 e. The predicted molar refractivity (Wildman–Crippen MR) is 240 cm³/mol. The summed E-state index contributed by atoms with van der Waals surface area (Å²) in [7, 11) is 0. The lowest BCUT2D eigenvalue weighted by molar-refractivity contribution is 1.18. The van der Waals surface area contributed by atoms with Gasteiger partial charge in [-0.25, -0.2) is 0 Å². The fourth-order valence-electron chi connectivity index (χ4n) is 9.33. The van der Waals surface area contributed by atoms with Gasteiger partial charge in [0.1, 0.15) is 0 Å². The third-order valence-electron chi connectivity index (χ3n) is 11.8. The van der Waals surface area contributed by atoms with E-state index in [1.807, 2.05) is 11.3 Å². The van der Waals surface area contributed by atoms with E-state index in [4.69, 9.17) is 0 Å². The fourth-order valence-corrected chi connectivity index (χ4v) is 10.6. The molecule has 2 aromatic heterocycles. The summed E-state index contributed by atoms with van der Waals surface area (Å²) >= 11 is 1.90. The van der Waals surface area contributed by atoms with E-state index in [0.717, 1.165) is 0 Å². The highest BCUT2D eigenvalue weighted by molar-refractivity contribution is 7.26. The average Bonchev–Trinajstić information content (AvgIpc) is 3.81. The van der Waals surface area contributed by atoms with Crippen LogP contribution in [0.4, 0.5) is 0 Å². The van der Waals surface area contributed by atoms with Crippen LogP contribution >= 0.6 is 11.3 Å². The molecule has 0 unspecified atom stereocenters. The summed E-state index contributed by atoms with van der Waals surface area (Å²) in [6, 6.07) is 74.2. The number of hydrogen-bond donors (Lipinski definition) is 0. The Morgan fingerprint density at radius 2 is 0.821 bits per heavy atom. The van der Waals surface area contributed by atoms with Gasteiger partial charge in [0, 0.05) is 42.2 Å². The minimum absolute atomic E-state index is 1.17. The molecule has 9 aromatic carbocycles. The Balaban J connectivity index is 1.21. The number of nitrogens with zero attached hydrogens (tertiary/aromatic N) is 1. The van der Waals surface area contributed by atoms with Crippen LogP contribution in [0, 0.1) is 0 Å². The van der Waals surface area contributed by atoms with Gasteiger partial charge in [-0.1, -0.05) is 152 Å². The van der Waals surface area contributed by atoms with Gasteiger partial charge in [0.25, 0.3) is 0 Å². The highest BCUT2D eigenvalue weighted by Gasteiger charge is 2.26. The molecule has 0 saturated heterocycles. The van der Waals surface area contributed by atoms with Gasteiger partial charge in [-0.3, -0.25) is 0 Å². The van der Waals surface area contributed by atoms with Crippen LogP contribution in [0.1, 0.15) is 0 Å². The molecule has 0 spiro atoms. The molecule has 11 aromatic rings. The SMILES string of the molecule is c1ccc(-n2c3ccccc3c3cc(-c4cc5c(c(-c6cccc7c6sc6ccccc67)c4)-c4ccccc4-c4ccccc4-c4ccccc4-5)ccc32)cc1. The number of para-hydroxylation sites is 2. The normalized spacial score (nSPS) is 11.9. The first-order valence-electron chi connectivity index (χ1n) is 19.3. The van der Waals surface area contributed by atoms with Crippen molar-refractivity contribution in [1.82, 2.24) is 4.57 Å². The lowest BCUT2D eigenvalue weighted by atomic mass is 9.77. The van der Waals surface area contributed by atoms with Gasteiger partial charge in [0.05, 0.1) is 11.0 Å². The molecule has 2 heteroatoms. The number of hydrogen-bond acceptors (Lipinski definition) is 1. The summed E-state index contributed by atoms with van der Waals surface area (Å²) < 4.78 is 5.03. The molecule has 1 aliphatic carbocycles. The van der Waals surface area contributed by atoms with Crippen LogP contribution in [0.3, 0.4) is 0 Å². The van der Waals surface area contributed by atoms with E-state index in [1.54, 1.807) is 0 Å². The zero-order chi connectivity index (χ0) is 36.7. The molecule has 0 N–H and O–H groups in total. The Bertz CT molecular complexity index is 3360. The van der Waals surface area contributed by atoms with Crippen molar-refractivity contribution in [3.8, 4) is 72.4 Å². The van der Waals surface area contributed by atoms with Gasteiger partial charge in [0.2, 0.25) is 0 Å². The summed E-state index contributed by atoms with van der Waals surface area (Å²) in [5.41, 5.74) is 18.6. The van der Waals surface area contributed by atoms with Gasteiger partial charge in [0.15, 0.2) is 0 Å². The smallest absolute Gasteiger partial charge is 0.0541 e. The minimum atomic E-state index is 1.17. The van der Waals surface area contributed by atoms with Crippen LogP contribution in [-0.2, 0) is 0 Å². The van der Waals surface area contributed by atoms with Crippen molar-refractivity contribution in [2.75, 3.05) is 0 Å². The average molecular weight is 728 g/mol. The van der Waals surface area contributed by atoms with E-state index >= 15 is 0 Å². The Morgan fingerprint density at radius 3 is 1.55 bits per heavy atom. The number of thiophene rings is 1. The van der Waals surface area contributed by atoms with E-state index in [9.17, 15) is 0 Å². The molecule has 0 aliphatic heterocycles. The molecule has 0 amide bonds. The van der Waals surface area contributed by atoms with E-state index in [1.165, 1.54) is 114 Å². The first-order valence-corrected chi connectivity index (χ1v) is 20.1. The van der Waals surface area contributed by atoms with E-state index < -0.39 is 0 Å². The predicted octanol–water partition coefficient (Wildman–Crippen LogP) is 15.5. The third-order valence-corrected chi connectivity index (χ3v) is 13.0. The summed E-state index contributed by atoms with van der Waals surface area (Å²) in [5, 5.41) is 5.13. The summed E-state index contributed by atoms with van der Waals surface area (Å²) in [6.45, 7) is 0. The van der Waals surface area contributed by atoms with Crippen LogP contribution in [0.15, 0.2) is 200 Å². The van der Waals surface area contributed by atoms with Gasteiger partial charge in [-0.2, -0.15) is 0 Å². The Labute approximate surface area is 329 Å². The zero-order valence-corrected chi connectivity index (χ0v) is 31.2. The van der Waals surface area contributed by atoms with Crippen molar-refractivity contribution in [1.29, 1.82) is 0 Å². The second kappa shape index (κ2) is 12.3. The summed E-state index contributed by atoms with van der Waals surface area (Å²) in [4.78, 5) is 0. The molecule has 0 saturated carbocycles. The maximum Gasteiger partial charge on any atom is 0.0541 e. The van der Waals surface area contributed by atoms with Crippen molar-refractivity contribution in [3.63, 3.8) is 0 Å². The van der Waals surface area contributed by atoms with E-state index in [-0.39, 0.29) is 0 Å². The van der Waals surface area contributed by atoms with Gasteiger partial charge in [-0.05, 0) is 110 Å².